The summed E-state index contributed by atoms with van der Waals surface area (Å²) in [6, 6.07) is 14.9. The molecule has 0 bridgehead atoms. The predicted molar refractivity (Wildman–Crippen MR) is 85.7 cm³/mol. The molecule has 0 saturated carbocycles. The maximum atomic E-state index is 12.7. The number of amides is 1. The minimum atomic E-state index is -0.275. The number of carbonyl (C=O) groups is 1. The van der Waals surface area contributed by atoms with Crippen LogP contribution < -0.4 is 15.4 Å². The highest BCUT2D eigenvalue weighted by Gasteiger charge is 2.22. The third-order valence-electron chi connectivity index (χ3n) is 3.56. The van der Waals surface area contributed by atoms with Gasteiger partial charge in [-0.25, -0.2) is 0 Å². The van der Waals surface area contributed by atoms with Gasteiger partial charge in [0, 0.05) is 12.7 Å². The standard InChI is InChI=1S/C17H20N2O2/c1-12(13-7-6-8-14(18)11-13)17(20)19(2)15-9-4-5-10-16(15)21-3/h4-12H,18H2,1-3H3. The fourth-order valence-corrected chi connectivity index (χ4v) is 2.29. The smallest absolute Gasteiger partial charge is 0.234 e. The van der Waals surface area contributed by atoms with Gasteiger partial charge in [-0.2, -0.15) is 0 Å². The summed E-state index contributed by atoms with van der Waals surface area (Å²) in [5.41, 5.74) is 8.10. The molecule has 4 nitrogen and oxygen atoms in total. The van der Waals surface area contributed by atoms with Crippen LogP contribution in [0.4, 0.5) is 11.4 Å². The van der Waals surface area contributed by atoms with Gasteiger partial charge in [0.2, 0.25) is 5.91 Å². The molecule has 0 aromatic heterocycles. The van der Waals surface area contributed by atoms with E-state index in [9.17, 15) is 4.79 Å². The minimum Gasteiger partial charge on any atom is -0.495 e. The minimum absolute atomic E-state index is 0.00917. The fraction of sp³-hybridized carbons (Fsp3) is 0.235. The van der Waals surface area contributed by atoms with Gasteiger partial charge in [-0.1, -0.05) is 24.3 Å². The first-order valence-electron chi connectivity index (χ1n) is 6.80. The molecule has 110 valence electrons. The number of benzene rings is 2. The van der Waals surface area contributed by atoms with E-state index in [4.69, 9.17) is 10.5 Å². The van der Waals surface area contributed by atoms with E-state index in [1.165, 1.54) is 0 Å². The van der Waals surface area contributed by atoms with Crippen molar-refractivity contribution in [3.05, 3.63) is 54.1 Å². The van der Waals surface area contributed by atoms with E-state index < -0.39 is 0 Å². The van der Waals surface area contributed by atoms with Gasteiger partial charge in [-0.3, -0.25) is 4.79 Å². The number of nitrogen functional groups attached to an aromatic ring is 1. The molecule has 1 unspecified atom stereocenters. The number of rotatable bonds is 4. The molecule has 2 aromatic carbocycles. The molecule has 0 aliphatic rings. The Hall–Kier alpha value is -2.49. The van der Waals surface area contributed by atoms with Gasteiger partial charge < -0.3 is 15.4 Å². The summed E-state index contributed by atoms with van der Waals surface area (Å²) >= 11 is 0. The third-order valence-corrected chi connectivity index (χ3v) is 3.56. The van der Waals surface area contributed by atoms with Crippen molar-refractivity contribution < 1.29 is 9.53 Å². The van der Waals surface area contributed by atoms with Crippen molar-refractivity contribution in [1.82, 2.24) is 0 Å². The summed E-state index contributed by atoms with van der Waals surface area (Å²) in [4.78, 5) is 14.3. The average molecular weight is 284 g/mol. The van der Waals surface area contributed by atoms with E-state index in [1.807, 2.05) is 55.5 Å². The number of nitrogens with two attached hydrogens (primary N) is 1. The number of ether oxygens (including phenoxy) is 1. The van der Waals surface area contributed by atoms with Crippen molar-refractivity contribution in [1.29, 1.82) is 0 Å². The van der Waals surface area contributed by atoms with Crippen molar-refractivity contribution in [2.75, 3.05) is 24.8 Å². The van der Waals surface area contributed by atoms with Gasteiger partial charge >= 0.3 is 0 Å². The van der Waals surface area contributed by atoms with Crippen molar-refractivity contribution in [3.8, 4) is 5.75 Å². The molecule has 4 heteroatoms. The van der Waals surface area contributed by atoms with Crippen LogP contribution in [0, 0.1) is 0 Å². The lowest BCUT2D eigenvalue weighted by Crippen LogP contribution is -2.30. The maximum absolute atomic E-state index is 12.7. The van der Waals surface area contributed by atoms with Gasteiger partial charge in [0.15, 0.2) is 0 Å². The molecule has 2 N–H and O–H groups in total. The number of anilines is 2. The second-order valence-corrected chi connectivity index (χ2v) is 4.96. The molecule has 0 spiro atoms. The molecule has 2 rings (SSSR count). The first kappa shape index (κ1) is 14.9. The van der Waals surface area contributed by atoms with Crippen LogP contribution in [0.1, 0.15) is 18.4 Å². The molecule has 0 saturated heterocycles. The third kappa shape index (κ3) is 3.16. The SMILES string of the molecule is COc1ccccc1N(C)C(=O)C(C)c1cccc(N)c1. The van der Waals surface area contributed by atoms with Gasteiger partial charge in [-0.05, 0) is 36.8 Å². The van der Waals surface area contributed by atoms with E-state index in [0.717, 1.165) is 11.3 Å². The van der Waals surface area contributed by atoms with Crippen molar-refractivity contribution in [3.63, 3.8) is 0 Å². The van der Waals surface area contributed by atoms with Crippen molar-refractivity contribution in [2.24, 2.45) is 0 Å². The lowest BCUT2D eigenvalue weighted by atomic mass is 9.99. The number of methoxy groups -OCH3 is 1. The number of hydrogen-bond acceptors (Lipinski definition) is 3. The zero-order valence-electron chi connectivity index (χ0n) is 12.5. The lowest BCUT2D eigenvalue weighted by Gasteiger charge is -2.23. The van der Waals surface area contributed by atoms with E-state index in [2.05, 4.69) is 0 Å². The van der Waals surface area contributed by atoms with Crippen molar-refractivity contribution in [2.45, 2.75) is 12.8 Å². The van der Waals surface area contributed by atoms with E-state index in [0.29, 0.717) is 11.4 Å². The highest BCUT2D eigenvalue weighted by atomic mass is 16.5. The molecule has 0 fully saturated rings. The second-order valence-electron chi connectivity index (χ2n) is 4.96. The number of carbonyl (C=O) groups excluding carboxylic acids is 1. The van der Waals surface area contributed by atoms with Gasteiger partial charge in [0.1, 0.15) is 5.75 Å². The maximum Gasteiger partial charge on any atom is 0.234 e. The van der Waals surface area contributed by atoms with Crippen molar-refractivity contribution >= 4 is 17.3 Å². The Morgan fingerprint density at radius 2 is 1.90 bits per heavy atom. The molecule has 0 heterocycles. The molecule has 1 amide bonds. The Morgan fingerprint density at radius 1 is 1.19 bits per heavy atom. The Kier molecular flexibility index (Phi) is 4.48. The predicted octanol–water partition coefficient (Wildman–Crippen LogP) is 3.04. The van der Waals surface area contributed by atoms with Crippen LogP contribution in [0.25, 0.3) is 0 Å². The monoisotopic (exact) mass is 284 g/mol. The van der Waals surface area contributed by atoms with Crippen LogP contribution in [0.2, 0.25) is 0 Å². The average Bonchev–Trinajstić information content (AvgIpc) is 2.52. The summed E-state index contributed by atoms with van der Waals surface area (Å²) in [6.45, 7) is 1.88. The molecule has 0 radical (unpaired) electrons. The second kappa shape index (κ2) is 6.31. The zero-order chi connectivity index (χ0) is 15.4. The van der Waals surface area contributed by atoms with Crippen LogP contribution in [0.3, 0.4) is 0 Å². The summed E-state index contributed by atoms with van der Waals surface area (Å²) in [5.74, 6) is 0.390. The van der Waals surface area contributed by atoms with E-state index in [-0.39, 0.29) is 11.8 Å². The normalized spacial score (nSPS) is 11.8. The first-order valence-corrected chi connectivity index (χ1v) is 6.80. The molecule has 2 aromatic rings. The van der Waals surface area contributed by atoms with Gasteiger partial charge in [0.05, 0.1) is 18.7 Å². The molecular weight excluding hydrogens is 264 g/mol. The number of nitrogens with zero attached hydrogens (tertiary/aromatic N) is 1. The number of likely N-dealkylation sites (N-methyl/N-ethyl adjacent to an activating group) is 1. The quantitative estimate of drug-likeness (QED) is 0.878. The molecule has 21 heavy (non-hydrogen) atoms. The van der Waals surface area contributed by atoms with Gasteiger partial charge in [-0.15, -0.1) is 0 Å². The van der Waals surface area contributed by atoms with Crippen LogP contribution in [-0.2, 0) is 4.79 Å². The van der Waals surface area contributed by atoms with Gasteiger partial charge in [0.25, 0.3) is 0 Å². The first-order chi connectivity index (χ1) is 10.0. The number of hydrogen-bond donors (Lipinski definition) is 1. The van der Waals surface area contributed by atoms with E-state index >= 15 is 0 Å². The Morgan fingerprint density at radius 3 is 2.57 bits per heavy atom. The Bertz CT molecular complexity index is 640. The Labute approximate surface area is 125 Å². The molecule has 0 aliphatic carbocycles. The molecule has 0 aliphatic heterocycles. The van der Waals surface area contributed by atoms with Crippen LogP contribution in [0.15, 0.2) is 48.5 Å². The lowest BCUT2D eigenvalue weighted by molar-refractivity contribution is -0.119. The highest BCUT2D eigenvalue weighted by molar-refractivity contribution is 5.98. The molecule has 1 atom stereocenters. The summed E-state index contributed by atoms with van der Waals surface area (Å²) in [6.07, 6.45) is 0. The largest absolute Gasteiger partial charge is 0.495 e. The molecular formula is C17H20N2O2. The van der Waals surface area contributed by atoms with Crippen LogP contribution in [0.5, 0.6) is 5.75 Å². The summed E-state index contributed by atoms with van der Waals surface area (Å²) in [5, 5.41) is 0. The van der Waals surface area contributed by atoms with Crippen LogP contribution in [-0.4, -0.2) is 20.1 Å². The Balaban J connectivity index is 2.26. The number of para-hydroxylation sites is 2. The van der Waals surface area contributed by atoms with E-state index in [1.54, 1.807) is 19.1 Å². The zero-order valence-corrected chi connectivity index (χ0v) is 12.5. The summed E-state index contributed by atoms with van der Waals surface area (Å²) < 4.78 is 5.31. The summed E-state index contributed by atoms with van der Waals surface area (Å²) in [7, 11) is 3.35. The highest BCUT2D eigenvalue weighted by Crippen LogP contribution is 2.29. The van der Waals surface area contributed by atoms with Crippen LogP contribution >= 0.6 is 0 Å². The fourth-order valence-electron chi connectivity index (χ4n) is 2.29. The topological polar surface area (TPSA) is 55.6 Å².